The van der Waals surface area contributed by atoms with E-state index in [9.17, 15) is 18.4 Å². The lowest BCUT2D eigenvalue weighted by Crippen LogP contribution is -2.25. The Morgan fingerprint density at radius 2 is 2.14 bits per heavy atom. The predicted molar refractivity (Wildman–Crippen MR) is 103 cm³/mol. The molecule has 148 valence electrons. The molecule has 11 heteroatoms. The van der Waals surface area contributed by atoms with Crippen LogP contribution in [0.2, 0.25) is 5.02 Å². The van der Waals surface area contributed by atoms with Crippen LogP contribution in [0.25, 0.3) is 10.2 Å². The molecule has 0 saturated heterocycles. The summed E-state index contributed by atoms with van der Waals surface area (Å²) in [6.07, 6.45) is 0.292. The summed E-state index contributed by atoms with van der Waals surface area (Å²) in [4.78, 5) is 28.7. The van der Waals surface area contributed by atoms with Gasteiger partial charge in [-0.05, 0) is 18.6 Å². The number of halogens is 3. The van der Waals surface area contributed by atoms with Gasteiger partial charge in [-0.25, -0.2) is 13.8 Å². The number of anilines is 1. The van der Waals surface area contributed by atoms with Crippen LogP contribution in [0, 0.1) is 12.8 Å². The van der Waals surface area contributed by atoms with Crippen molar-refractivity contribution in [1.82, 2.24) is 14.8 Å². The Balaban J connectivity index is 1.95. The molecule has 7 nitrogen and oxygen atoms in total. The molecule has 0 spiro atoms. The zero-order valence-corrected chi connectivity index (χ0v) is 16.4. The fourth-order valence-corrected chi connectivity index (χ4v) is 3.98. The molecule has 0 aliphatic rings. The molecule has 0 aliphatic heterocycles. The second-order valence-electron chi connectivity index (χ2n) is 6.29. The zero-order chi connectivity index (χ0) is 20.6. The largest absolute Gasteiger partial charge is 0.365 e. The van der Waals surface area contributed by atoms with E-state index in [4.69, 9.17) is 17.3 Å². The minimum atomic E-state index is -2.75. The molecular weight excluding hydrogens is 412 g/mol. The van der Waals surface area contributed by atoms with Gasteiger partial charge in [0.1, 0.15) is 15.4 Å². The van der Waals surface area contributed by atoms with Gasteiger partial charge in [0.15, 0.2) is 0 Å². The average molecular weight is 428 g/mol. The van der Waals surface area contributed by atoms with Crippen LogP contribution in [0.5, 0.6) is 0 Å². The van der Waals surface area contributed by atoms with Crippen LogP contribution in [0.4, 0.5) is 14.5 Å². The maximum absolute atomic E-state index is 13.0. The summed E-state index contributed by atoms with van der Waals surface area (Å²) >= 11 is 6.69. The Labute approximate surface area is 167 Å². The lowest BCUT2D eigenvalue weighted by atomic mass is 10.1. The number of nitrogens with one attached hydrogen (secondary N) is 1. The molecule has 0 radical (unpaired) electrons. The number of aromatic nitrogens is 3. The van der Waals surface area contributed by atoms with Crippen molar-refractivity contribution in [3.8, 4) is 0 Å². The molecule has 28 heavy (non-hydrogen) atoms. The molecule has 1 atom stereocenters. The molecule has 0 aromatic carbocycles. The third-order valence-corrected chi connectivity index (χ3v) is 5.38. The van der Waals surface area contributed by atoms with Crippen molar-refractivity contribution in [1.29, 1.82) is 0 Å². The van der Waals surface area contributed by atoms with E-state index in [2.05, 4.69) is 15.4 Å². The summed E-state index contributed by atoms with van der Waals surface area (Å²) in [7, 11) is 0. The number of rotatable bonds is 6. The third-order valence-electron chi connectivity index (χ3n) is 4.08. The summed E-state index contributed by atoms with van der Waals surface area (Å²) < 4.78 is 27.6. The fourth-order valence-electron chi connectivity index (χ4n) is 2.76. The predicted octanol–water partition coefficient (Wildman–Crippen LogP) is 3.77. The van der Waals surface area contributed by atoms with Gasteiger partial charge < -0.3 is 11.1 Å². The summed E-state index contributed by atoms with van der Waals surface area (Å²) in [5, 5.41) is 7.59. The number of primary amides is 1. The average Bonchev–Trinajstić information content (AvgIpc) is 3.18. The van der Waals surface area contributed by atoms with Crippen molar-refractivity contribution < 1.29 is 18.4 Å². The lowest BCUT2D eigenvalue weighted by molar-refractivity contribution is -0.119. The van der Waals surface area contributed by atoms with E-state index < -0.39 is 23.9 Å². The molecular formula is C17H16ClF2N5O2S. The van der Waals surface area contributed by atoms with Crippen molar-refractivity contribution in [2.75, 3.05) is 5.32 Å². The van der Waals surface area contributed by atoms with Gasteiger partial charge in [0.2, 0.25) is 5.91 Å². The van der Waals surface area contributed by atoms with Crippen molar-refractivity contribution in [2.24, 2.45) is 11.7 Å². The highest BCUT2D eigenvalue weighted by Gasteiger charge is 2.24. The molecule has 2 amide bonds. The maximum Gasteiger partial charge on any atom is 0.280 e. The first kappa shape index (κ1) is 20.2. The van der Waals surface area contributed by atoms with Crippen LogP contribution < -0.4 is 11.1 Å². The Kier molecular flexibility index (Phi) is 5.61. The van der Waals surface area contributed by atoms with E-state index in [1.54, 1.807) is 20.0 Å². The van der Waals surface area contributed by atoms with E-state index in [-0.39, 0.29) is 27.8 Å². The van der Waals surface area contributed by atoms with E-state index >= 15 is 0 Å². The summed E-state index contributed by atoms with van der Waals surface area (Å²) in [6, 6.07) is 1.23. The number of thiophene rings is 1. The van der Waals surface area contributed by atoms with Gasteiger partial charge in [-0.3, -0.25) is 14.3 Å². The fraction of sp³-hybridized carbons (Fsp3) is 0.294. The van der Waals surface area contributed by atoms with E-state index in [0.717, 1.165) is 11.3 Å². The van der Waals surface area contributed by atoms with Crippen LogP contribution in [0.15, 0.2) is 18.5 Å². The second kappa shape index (κ2) is 7.80. The first-order chi connectivity index (χ1) is 13.2. The maximum atomic E-state index is 13.0. The van der Waals surface area contributed by atoms with E-state index in [1.165, 1.54) is 16.9 Å². The molecule has 0 bridgehead atoms. The second-order valence-corrected chi connectivity index (χ2v) is 7.72. The van der Waals surface area contributed by atoms with Crippen molar-refractivity contribution >= 4 is 50.7 Å². The SMILES string of the molecule is Cc1cc(C(F)F)nc2sc(C(N)=O)c(NC(=O)C(C)Cn3cc(Cl)cn3)c12. The number of fused-ring (bicyclic) bond motifs is 1. The molecule has 3 heterocycles. The molecule has 1 unspecified atom stereocenters. The van der Waals surface area contributed by atoms with Gasteiger partial charge >= 0.3 is 0 Å². The number of amides is 2. The van der Waals surface area contributed by atoms with Gasteiger partial charge in [-0.15, -0.1) is 11.3 Å². The van der Waals surface area contributed by atoms with Gasteiger partial charge in [0, 0.05) is 11.6 Å². The Morgan fingerprint density at radius 3 is 2.71 bits per heavy atom. The highest BCUT2D eigenvalue weighted by atomic mass is 35.5. The van der Waals surface area contributed by atoms with Crippen molar-refractivity contribution in [3.05, 3.63) is 39.6 Å². The minimum absolute atomic E-state index is 0.0553. The smallest absolute Gasteiger partial charge is 0.280 e. The van der Waals surface area contributed by atoms with Crippen LogP contribution in [0.3, 0.4) is 0 Å². The molecule has 3 N–H and O–H groups in total. The highest BCUT2D eigenvalue weighted by molar-refractivity contribution is 7.21. The summed E-state index contributed by atoms with van der Waals surface area (Å²) in [5.74, 6) is -1.67. The number of hydrogen-bond acceptors (Lipinski definition) is 5. The van der Waals surface area contributed by atoms with Crippen molar-refractivity contribution in [2.45, 2.75) is 26.8 Å². The first-order valence-electron chi connectivity index (χ1n) is 8.18. The highest BCUT2D eigenvalue weighted by Crippen LogP contribution is 2.38. The number of aryl methyl sites for hydroxylation is 1. The first-order valence-corrected chi connectivity index (χ1v) is 9.37. The number of pyridine rings is 1. The minimum Gasteiger partial charge on any atom is -0.365 e. The standard InChI is InChI=1S/C17H16ClF2N5O2S/c1-7-3-10(14(19)20)23-17-11(7)12(13(28-17)15(21)26)24-16(27)8(2)5-25-6-9(18)4-22-25/h3-4,6,8,14H,5H2,1-2H3,(H2,21,26)(H,24,27). The normalized spacial score (nSPS) is 12.5. The number of carbonyl (C=O) groups is 2. The topological polar surface area (TPSA) is 103 Å². The molecule has 0 fully saturated rings. The third kappa shape index (κ3) is 3.97. The number of alkyl halides is 2. The van der Waals surface area contributed by atoms with Gasteiger partial charge in [0.25, 0.3) is 12.3 Å². The molecule has 3 aromatic heterocycles. The Morgan fingerprint density at radius 1 is 1.43 bits per heavy atom. The quantitative estimate of drug-likeness (QED) is 0.625. The van der Waals surface area contributed by atoms with Crippen LogP contribution in [-0.4, -0.2) is 26.6 Å². The molecule has 0 saturated carbocycles. The number of nitrogens with zero attached hydrogens (tertiary/aromatic N) is 3. The molecule has 3 rings (SSSR count). The molecule has 3 aromatic rings. The van der Waals surface area contributed by atoms with Gasteiger partial charge in [0.05, 0.1) is 29.4 Å². The van der Waals surface area contributed by atoms with E-state index in [0.29, 0.717) is 16.0 Å². The molecule has 0 aliphatic carbocycles. The zero-order valence-electron chi connectivity index (χ0n) is 14.9. The van der Waals surface area contributed by atoms with Gasteiger partial charge in [-0.2, -0.15) is 5.10 Å². The lowest BCUT2D eigenvalue weighted by Gasteiger charge is -2.13. The summed E-state index contributed by atoms with van der Waals surface area (Å²) in [6.45, 7) is 3.56. The Bertz CT molecular complexity index is 1070. The van der Waals surface area contributed by atoms with Crippen LogP contribution in [-0.2, 0) is 11.3 Å². The van der Waals surface area contributed by atoms with Crippen molar-refractivity contribution in [3.63, 3.8) is 0 Å². The summed E-state index contributed by atoms with van der Waals surface area (Å²) in [5.41, 5.74) is 5.67. The van der Waals surface area contributed by atoms with Gasteiger partial charge in [-0.1, -0.05) is 18.5 Å². The van der Waals surface area contributed by atoms with Crippen LogP contribution in [0.1, 0.15) is 34.3 Å². The van der Waals surface area contributed by atoms with Crippen LogP contribution >= 0.6 is 22.9 Å². The monoisotopic (exact) mass is 427 g/mol. The Hall–Kier alpha value is -2.59. The number of nitrogens with two attached hydrogens (primary N) is 1. The van der Waals surface area contributed by atoms with E-state index in [1.807, 2.05) is 0 Å². The number of carbonyl (C=O) groups excluding carboxylic acids is 2. The number of hydrogen-bond donors (Lipinski definition) is 2.